The largest absolute Gasteiger partial charge is 3.00 e. The van der Waals surface area contributed by atoms with Gasteiger partial charge < -0.3 is 30.6 Å². The predicted molar refractivity (Wildman–Crippen MR) is 416 cm³/mol. The van der Waals surface area contributed by atoms with Gasteiger partial charge in [0.2, 0.25) is 0 Å². The van der Waals surface area contributed by atoms with E-state index >= 15 is 0 Å². The number of ketones is 3. The molecular weight excluding hydrogens is 1440 g/mol. The van der Waals surface area contributed by atoms with Gasteiger partial charge in [0.15, 0.2) is 17.3 Å². The average Bonchev–Trinajstić information content (AvgIpc) is 0.769. The number of carbonyl (C=O) groups is 3. The number of benzene rings is 7. The summed E-state index contributed by atoms with van der Waals surface area (Å²) in [5.41, 5.74) is 5.66. The van der Waals surface area contributed by atoms with Crippen LogP contribution in [-0.2, 0) is 130 Å². The average molecular weight is 1570 g/mol. The van der Waals surface area contributed by atoms with Crippen LogP contribution in [0.15, 0.2) is 109 Å². The van der Waals surface area contributed by atoms with Gasteiger partial charge in [0.1, 0.15) is 0 Å². The van der Waals surface area contributed by atoms with E-state index in [1.807, 2.05) is 197 Å². The summed E-state index contributed by atoms with van der Waals surface area (Å²) in [6.07, 6.45) is 0. The van der Waals surface area contributed by atoms with Crippen LogP contribution in [0, 0.1) is 0 Å². The van der Waals surface area contributed by atoms with Crippen molar-refractivity contribution in [2.75, 3.05) is 0 Å². The van der Waals surface area contributed by atoms with E-state index in [-0.39, 0.29) is 166 Å². The first-order chi connectivity index (χ1) is 45.5. The number of hydrogen-bond acceptors (Lipinski definition) is 9. The summed E-state index contributed by atoms with van der Waals surface area (Å²) in [6, 6.07) is 33.7. The fraction of sp³-hybridized carbons (Fsp3) is 0.516. The SMILES string of the molecule is CC(C)(C)c1cc(C(=O)c2cc(C(C)(C)C)cc(C(C)(C)C)c2[O-])c([O-])c(C(C)(C)C)c1.CC(C)(C)c1cc(C(=O)c2cc(C(C)(C)C)cc(C(C)(C)C)c2[O-])c([O-])c(C(C)(C)C)c1.CC(C)(C)c1cc(C(=O)c2cc(C(C)(C)C)cc(C(C)(C)C)c2[O-])c([O-])c(C(C)(C)C)c1.[Y+3].[Y+3].c1ccccc1. The van der Waals surface area contributed by atoms with Crippen molar-refractivity contribution in [3.8, 4) is 34.5 Å². The van der Waals surface area contributed by atoms with Crippen LogP contribution < -0.4 is 30.6 Å². The molecule has 0 unspecified atom stereocenters. The zero-order valence-electron chi connectivity index (χ0n) is 70.7. The molecule has 7 aromatic carbocycles. The zero-order chi connectivity index (χ0) is 79.3. The topological polar surface area (TPSA) is 190 Å². The summed E-state index contributed by atoms with van der Waals surface area (Å²) in [4.78, 5) is 41.4. The van der Waals surface area contributed by atoms with E-state index < -0.39 is 49.8 Å². The second kappa shape index (κ2) is 33.2. The van der Waals surface area contributed by atoms with Crippen molar-refractivity contribution in [3.63, 3.8) is 0 Å². The normalized spacial score (nSPS) is 12.8. The van der Waals surface area contributed by atoms with Gasteiger partial charge in [-0.05, 0) is 168 Å². The predicted octanol–water partition coefficient (Wildman–Crippen LogP) is 20.4. The van der Waals surface area contributed by atoms with Crippen molar-refractivity contribution in [1.82, 2.24) is 0 Å². The van der Waals surface area contributed by atoms with Gasteiger partial charge >= 0.3 is 65.4 Å². The minimum Gasteiger partial charge on any atom is -0.872 e. The fourth-order valence-electron chi connectivity index (χ4n) is 11.5. The smallest absolute Gasteiger partial charge is 0.872 e. The first-order valence-corrected chi connectivity index (χ1v) is 36.3. The van der Waals surface area contributed by atoms with E-state index in [1.165, 1.54) is 0 Å². The molecule has 9 nitrogen and oxygen atoms in total. The fourth-order valence-corrected chi connectivity index (χ4v) is 11.5. The van der Waals surface area contributed by atoms with Crippen LogP contribution in [0.4, 0.5) is 0 Å². The molecule has 558 valence electrons. The summed E-state index contributed by atoms with van der Waals surface area (Å²) in [7, 11) is 0. The molecule has 0 N–H and O–H groups in total. The molecule has 0 aliphatic rings. The third-order valence-electron chi connectivity index (χ3n) is 18.7. The van der Waals surface area contributed by atoms with Crippen molar-refractivity contribution < 1.29 is 110 Å². The molecule has 0 fully saturated rings. The zero-order valence-corrected chi connectivity index (χ0v) is 76.4. The molecule has 0 aliphatic carbocycles. The van der Waals surface area contributed by atoms with Gasteiger partial charge in [-0.25, -0.2) is 0 Å². The molecule has 0 bridgehead atoms. The Balaban J connectivity index is 0.000000503. The van der Waals surface area contributed by atoms with Gasteiger partial charge in [0, 0.05) is 33.4 Å². The Hall–Kier alpha value is -5.44. The third kappa shape index (κ3) is 23.8. The van der Waals surface area contributed by atoms with E-state index in [0.29, 0.717) is 33.4 Å². The summed E-state index contributed by atoms with van der Waals surface area (Å²) < 4.78 is 0. The van der Waals surface area contributed by atoms with E-state index in [4.69, 9.17) is 0 Å². The van der Waals surface area contributed by atoms with Gasteiger partial charge in [0.25, 0.3) is 0 Å². The van der Waals surface area contributed by atoms with Crippen LogP contribution in [0.1, 0.15) is 364 Å². The van der Waals surface area contributed by atoms with Crippen LogP contribution in [0.25, 0.3) is 0 Å². The van der Waals surface area contributed by atoms with Crippen molar-refractivity contribution in [1.29, 1.82) is 0 Å². The van der Waals surface area contributed by atoms with E-state index in [2.05, 4.69) is 125 Å². The number of carbonyl (C=O) groups excluding carboxylic acids is 3. The van der Waals surface area contributed by atoms with Crippen LogP contribution in [0.5, 0.6) is 34.5 Å². The third-order valence-corrected chi connectivity index (χ3v) is 18.7. The van der Waals surface area contributed by atoms with Crippen LogP contribution >= 0.6 is 0 Å². The van der Waals surface area contributed by atoms with Gasteiger partial charge in [0.05, 0.1) is 0 Å². The van der Waals surface area contributed by atoms with Gasteiger partial charge in [-0.3, -0.25) is 14.4 Å². The van der Waals surface area contributed by atoms with Gasteiger partial charge in [-0.15, -0.1) is 0 Å². The molecule has 7 aromatic rings. The number of hydrogen-bond donors (Lipinski definition) is 0. The van der Waals surface area contributed by atoms with Gasteiger partial charge in [-0.1, -0.05) is 357 Å². The molecule has 0 aromatic heterocycles. The Morgan fingerprint density at radius 1 is 0.183 bits per heavy atom. The summed E-state index contributed by atoms with van der Waals surface area (Å²) in [6.45, 7) is 72.6. The molecular formula is C93H126O9Y2. The Morgan fingerprint density at radius 3 is 0.356 bits per heavy atom. The minimum absolute atomic E-state index is 0. The Labute approximate surface area is 679 Å². The second-order valence-corrected chi connectivity index (χ2v) is 40.5. The van der Waals surface area contributed by atoms with E-state index in [9.17, 15) is 45.0 Å². The molecule has 0 saturated carbocycles. The molecule has 11 heteroatoms. The first kappa shape index (κ1) is 94.6. The van der Waals surface area contributed by atoms with Crippen LogP contribution in [-0.4, -0.2) is 17.3 Å². The molecule has 0 spiro atoms. The number of rotatable bonds is 6. The van der Waals surface area contributed by atoms with Crippen LogP contribution in [0.2, 0.25) is 0 Å². The van der Waals surface area contributed by atoms with E-state index in [0.717, 1.165) is 33.4 Å². The maximum absolute atomic E-state index is 13.8. The molecule has 0 heterocycles. The maximum atomic E-state index is 13.8. The minimum atomic E-state index is -0.479. The summed E-state index contributed by atoms with van der Waals surface area (Å²) in [5.74, 6) is -3.14. The molecule has 0 amide bonds. The molecule has 0 aliphatic heterocycles. The molecule has 104 heavy (non-hydrogen) atoms. The summed E-state index contributed by atoms with van der Waals surface area (Å²) >= 11 is 0. The quantitative estimate of drug-likeness (QED) is 0.146. The van der Waals surface area contributed by atoms with Crippen molar-refractivity contribution in [3.05, 3.63) is 209 Å². The van der Waals surface area contributed by atoms with Crippen molar-refractivity contribution >= 4 is 17.3 Å². The van der Waals surface area contributed by atoms with Crippen LogP contribution in [0.3, 0.4) is 0 Å². The maximum Gasteiger partial charge on any atom is 3.00 e. The Bertz CT molecular complexity index is 3510. The standard InChI is InChI=1S/3C29H42O3.C6H6.2Y/c3*1-26(2,3)17-13-19(24(31)21(15-17)28(7,8)9)23(30)20-14-18(27(4,5)6)16-22(25(20)32)29(10,11)12;1-2-4-6-5-3-1;;/h3*13-16,31-32H,1-12H3;1-6H;;/q;;;;2*+3/p-6. The van der Waals surface area contributed by atoms with Crippen molar-refractivity contribution in [2.45, 2.75) is 314 Å². The first-order valence-electron chi connectivity index (χ1n) is 36.3. The molecule has 0 saturated heterocycles. The van der Waals surface area contributed by atoms with Crippen molar-refractivity contribution in [2.24, 2.45) is 0 Å². The molecule has 0 radical (unpaired) electrons. The Morgan fingerprint density at radius 2 is 0.279 bits per heavy atom. The molecule has 7 rings (SSSR count). The molecule has 0 atom stereocenters. The van der Waals surface area contributed by atoms with E-state index in [1.54, 1.807) is 36.4 Å². The Kier molecular flexibility index (Phi) is 30.2. The summed E-state index contributed by atoms with van der Waals surface area (Å²) in [5, 5.41) is 80.8. The van der Waals surface area contributed by atoms with Gasteiger partial charge in [-0.2, -0.15) is 0 Å². The monoisotopic (exact) mass is 1560 g/mol. The second-order valence-electron chi connectivity index (χ2n) is 40.5.